The number of rotatable bonds is 8. The summed E-state index contributed by atoms with van der Waals surface area (Å²) in [5.74, 6) is -3.32. The number of methoxy groups -OCH3 is 1. The average molecular weight is 313 g/mol. The maximum absolute atomic E-state index is 13.1. The summed E-state index contributed by atoms with van der Waals surface area (Å²) in [6.45, 7) is 2.07. The molecule has 1 aromatic carbocycles. The number of halogens is 2. The molecule has 0 spiro atoms. The molecule has 1 rings (SSSR count). The number of unbranched alkanes of at least 4 members (excludes halogenated alkanes) is 3. The summed E-state index contributed by atoms with van der Waals surface area (Å²) >= 11 is 0. The Balaban J connectivity index is 2.68. The van der Waals surface area contributed by atoms with E-state index in [0.717, 1.165) is 37.8 Å². The van der Waals surface area contributed by atoms with Gasteiger partial charge in [-0.15, -0.1) is 0 Å². The average Bonchev–Trinajstić information content (AvgIpc) is 2.52. The zero-order chi connectivity index (χ0) is 16.5. The first-order chi connectivity index (χ1) is 10.5. The Kier molecular flexibility index (Phi) is 7.49. The van der Waals surface area contributed by atoms with E-state index in [-0.39, 0.29) is 5.56 Å². The molecule has 0 heterocycles. The molecule has 0 unspecified atom stereocenters. The van der Waals surface area contributed by atoms with Gasteiger partial charge in [-0.3, -0.25) is 4.79 Å². The topological polar surface area (TPSA) is 55.4 Å². The smallest absolute Gasteiger partial charge is 0.328 e. The quantitative estimate of drug-likeness (QED) is 0.592. The second kappa shape index (κ2) is 9.12. The highest BCUT2D eigenvalue weighted by Crippen LogP contribution is 2.11. The van der Waals surface area contributed by atoms with Crippen LogP contribution in [0, 0.1) is 11.6 Å². The van der Waals surface area contributed by atoms with Crippen LogP contribution in [0.3, 0.4) is 0 Å². The zero-order valence-electron chi connectivity index (χ0n) is 12.8. The van der Waals surface area contributed by atoms with E-state index in [1.807, 2.05) is 0 Å². The van der Waals surface area contributed by atoms with Gasteiger partial charge in [-0.25, -0.2) is 13.6 Å². The summed E-state index contributed by atoms with van der Waals surface area (Å²) in [5, 5.41) is 2.51. The van der Waals surface area contributed by atoms with Gasteiger partial charge in [-0.05, 0) is 24.6 Å². The van der Waals surface area contributed by atoms with Crippen molar-refractivity contribution >= 4 is 11.9 Å². The molecule has 22 heavy (non-hydrogen) atoms. The summed E-state index contributed by atoms with van der Waals surface area (Å²) in [7, 11) is 1.24. The van der Waals surface area contributed by atoms with Crippen molar-refractivity contribution in [1.29, 1.82) is 0 Å². The van der Waals surface area contributed by atoms with Crippen molar-refractivity contribution in [3.63, 3.8) is 0 Å². The van der Waals surface area contributed by atoms with Gasteiger partial charge >= 0.3 is 5.97 Å². The van der Waals surface area contributed by atoms with E-state index >= 15 is 0 Å². The third kappa shape index (κ3) is 5.42. The number of benzene rings is 1. The molecule has 0 saturated carbocycles. The van der Waals surface area contributed by atoms with Gasteiger partial charge in [0.2, 0.25) is 0 Å². The van der Waals surface area contributed by atoms with Crippen LogP contribution < -0.4 is 5.32 Å². The number of amides is 1. The molecule has 1 N–H and O–H groups in total. The lowest BCUT2D eigenvalue weighted by Crippen LogP contribution is -2.41. The maximum Gasteiger partial charge on any atom is 0.328 e. The van der Waals surface area contributed by atoms with Crippen LogP contribution in [0.4, 0.5) is 8.78 Å². The fourth-order valence-electron chi connectivity index (χ4n) is 2.05. The molecule has 6 heteroatoms. The van der Waals surface area contributed by atoms with E-state index in [2.05, 4.69) is 17.0 Å². The van der Waals surface area contributed by atoms with Gasteiger partial charge in [0.05, 0.1) is 7.11 Å². The number of ether oxygens (including phenoxy) is 1. The van der Waals surface area contributed by atoms with Crippen LogP contribution in [-0.2, 0) is 9.53 Å². The highest BCUT2D eigenvalue weighted by Gasteiger charge is 2.22. The van der Waals surface area contributed by atoms with Crippen LogP contribution in [0.5, 0.6) is 0 Å². The Bertz CT molecular complexity index is 520. The van der Waals surface area contributed by atoms with Gasteiger partial charge in [-0.1, -0.05) is 32.6 Å². The fraction of sp³-hybridized carbons (Fsp3) is 0.500. The lowest BCUT2D eigenvalue weighted by molar-refractivity contribution is -0.143. The lowest BCUT2D eigenvalue weighted by Gasteiger charge is -2.16. The molecule has 0 radical (unpaired) electrons. The Hall–Kier alpha value is -1.98. The van der Waals surface area contributed by atoms with Crippen LogP contribution in [0.1, 0.15) is 49.4 Å². The molecule has 1 aromatic rings. The first-order valence-corrected chi connectivity index (χ1v) is 7.33. The number of esters is 1. The van der Waals surface area contributed by atoms with Crippen LogP contribution >= 0.6 is 0 Å². The van der Waals surface area contributed by atoms with Gasteiger partial charge in [-0.2, -0.15) is 0 Å². The first kappa shape index (κ1) is 18.1. The summed E-state index contributed by atoms with van der Waals surface area (Å²) < 4.78 is 30.7. The molecule has 122 valence electrons. The van der Waals surface area contributed by atoms with Crippen molar-refractivity contribution in [3.8, 4) is 0 Å². The van der Waals surface area contributed by atoms with Crippen LogP contribution in [-0.4, -0.2) is 25.0 Å². The highest BCUT2D eigenvalue weighted by molar-refractivity contribution is 5.96. The Morgan fingerprint density at radius 3 is 2.50 bits per heavy atom. The Labute approximate surface area is 128 Å². The molecule has 0 aromatic heterocycles. The molecule has 0 fully saturated rings. The minimum atomic E-state index is -1.11. The van der Waals surface area contributed by atoms with Gasteiger partial charge in [0, 0.05) is 5.56 Å². The van der Waals surface area contributed by atoms with Gasteiger partial charge in [0.1, 0.15) is 6.04 Å². The van der Waals surface area contributed by atoms with Crippen molar-refractivity contribution in [1.82, 2.24) is 5.32 Å². The van der Waals surface area contributed by atoms with Crippen molar-refractivity contribution in [2.24, 2.45) is 0 Å². The Morgan fingerprint density at radius 1 is 1.18 bits per heavy atom. The predicted octanol–water partition coefficient (Wildman–Crippen LogP) is 3.21. The summed E-state index contributed by atoms with van der Waals surface area (Å²) in [4.78, 5) is 23.7. The molecule has 0 bridgehead atoms. The normalized spacial score (nSPS) is 11.8. The Morgan fingerprint density at radius 2 is 1.91 bits per heavy atom. The third-order valence-corrected chi connectivity index (χ3v) is 3.32. The second-order valence-electron chi connectivity index (χ2n) is 5.03. The van der Waals surface area contributed by atoms with Crippen LogP contribution in [0.2, 0.25) is 0 Å². The molecule has 0 aliphatic heterocycles. The first-order valence-electron chi connectivity index (χ1n) is 7.33. The second-order valence-corrected chi connectivity index (χ2v) is 5.03. The van der Waals surface area contributed by atoms with E-state index in [0.29, 0.717) is 6.42 Å². The number of nitrogens with one attached hydrogen (secondary N) is 1. The number of hydrogen-bond acceptors (Lipinski definition) is 3. The minimum Gasteiger partial charge on any atom is -0.467 e. The molecule has 4 nitrogen and oxygen atoms in total. The van der Waals surface area contributed by atoms with E-state index < -0.39 is 29.6 Å². The van der Waals surface area contributed by atoms with Crippen LogP contribution in [0.25, 0.3) is 0 Å². The fourth-order valence-corrected chi connectivity index (χ4v) is 2.05. The zero-order valence-corrected chi connectivity index (χ0v) is 12.8. The van der Waals surface area contributed by atoms with E-state index in [4.69, 9.17) is 0 Å². The SMILES string of the molecule is CCCCCC[C@@H](NC(=O)c1ccc(F)c(F)c1)C(=O)OC. The van der Waals surface area contributed by atoms with Crippen molar-refractivity contribution in [2.45, 2.75) is 45.1 Å². The van der Waals surface area contributed by atoms with E-state index in [1.165, 1.54) is 13.2 Å². The lowest BCUT2D eigenvalue weighted by atomic mass is 10.1. The number of carbonyl (C=O) groups excluding carboxylic acids is 2. The molecule has 1 amide bonds. The van der Waals surface area contributed by atoms with Gasteiger partial charge in [0.15, 0.2) is 11.6 Å². The number of carbonyl (C=O) groups is 2. The molecular formula is C16H21F2NO3. The predicted molar refractivity (Wildman–Crippen MR) is 78.4 cm³/mol. The third-order valence-electron chi connectivity index (χ3n) is 3.32. The van der Waals surface area contributed by atoms with Crippen molar-refractivity contribution in [3.05, 3.63) is 35.4 Å². The maximum atomic E-state index is 13.1. The molecule has 0 aliphatic carbocycles. The standard InChI is InChI=1S/C16H21F2NO3/c1-3-4-5-6-7-14(16(21)22-2)19-15(20)11-8-9-12(17)13(18)10-11/h8-10,14H,3-7H2,1-2H3,(H,19,20)/t14-/m1/s1. The van der Waals surface area contributed by atoms with Crippen molar-refractivity contribution < 1.29 is 23.1 Å². The monoisotopic (exact) mass is 313 g/mol. The molecule has 0 saturated heterocycles. The summed E-state index contributed by atoms with van der Waals surface area (Å²) in [6, 6.07) is 2.05. The molecule has 1 atom stereocenters. The molecular weight excluding hydrogens is 292 g/mol. The minimum absolute atomic E-state index is 0.0404. The van der Waals surface area contributed by atoms with Crippen molar-refractivity contribution in [2.75, 3.05) is 7.11 Å². The van der Waals surface area contributed by atoms with Gasteiger partial charge in [0.25, 0.3) is 5.91 Å². The van der Waals surface area contributed by atoms with E-state index in [1.54, 1.807) is 0 Å². The highest BCUT2D eigenvalue weighted by atomic mass is 19.2. The number of hydrogen-bond donors (Lipinski definition) is 1. The molecule has 0 aliphatic rings. The van der Waals surface area contributed by atoms with Gasteiger partial charge < -0.3 is 10.1 Å². The summed E-state index contributed by atoms with van der Waals surface area (Å²) in [5.41, 5.74) is -0.0404. The van der Waals surface area contributed by atoms with E-state index in [9.17, 15) is 18.4 Å². The summed E-state index contributed by atoms with van der Waals surface area (Å²) in [6.07, 6.45) is 4.27. The van der Waals surface area contributed by atoms with Crippen LogP contribution in [0.15, 0.2) is 18.2 Å². The largest absolute Gasteiger partial charge is 0.467 e.